The highest BCUT2D eigenvalue weighted by molar-refractivity contribution is 9.10. The van der Waals surface area contributed by atoms with Crippen LogP contribution >= 0.6 is 27.5 Å². The highest BCUT2D eigenvalue weighted by Gasteiger charge is 2.13. The van der Waals surface area contributed by atoms with Gasteiger partial charge in [0.15, 0.2) is 6.61 Å². The second-order valence-corrected chi connectivity index (χ2v) is 6.70. The van der Waals surface area contributed by atoms with E-state index in [-0.39, 0.29) is 12.2 Å². The molecule has 2 amide bonds. The van der Waals surface area contributed by atoms with Crippen LogP contribution in [0.25, 0.3) is 6.08 Å². The van der Waals surface area contributed by atoms with Gasteiger partial charge in [0.2, 0.25) is 0 Å². The maximum atomic E-state index is 12.5. The average molecular weight is 465 g/mol. The van der Waals surface area contributed by atoms with Crippen LogP contribution in [-0.4, -0.2) is 25.5 Å². The van der Waals surface area contributed by atoms with E-state index in [2.05, 4.69) is 21.2 Å². The largest absolute Gasteiger partial charge is 0.495 e. The first-order valence-corrected chi connectivity index (χ1v) is 8.98. The summed E-state index contributed by atoms with van der Waals surface area (Å²) < 4.78 is 10.9. The van der Waals surface area contributed by atoms with Crippen LogP contribution in [0.15, 0.2) is 46.4 Å². The molecule has 0 aliphatic heterocycles. The standard InChI is InChI=1S/C19H15BrClN3O4/c1-27-17-5-3-13(21)8-15(17)24-19(26)12(9-22)6-11-2-4-16(14(20)7-11)28-10-18(23)25/h2-8H,10H2,1H3,(H2,23,25)(H,24,26). The van der Waals surface area contributed by atoms with Crippen LogP contribution in [0.3, 0.4) is 0 Å². The molecule has 2 aromatic carbocycles. The first-order valence-electron chi connectivity index (χ1n) is 7.81. The summed E-state index contributed by atoms with van der Waals surface area (Å²) in [6.07, 6.45) is 1.41. The van der Waals surface area contributed by atoms with Crippen molar-refractivity contribution in [3.8, 4) is 17.6 Å². The Bertz CT molecular complexity index is 986. The van der Waals surface area contributed by atoms with Crippen molar-refractivity contribution in [2.75, 3.05) is 19.0 Å². The second kappa shape index (κ2) is 9.78. The molecular formula is C19H15BrClN3O4. The molecule has 0 spiro atoms. The van der Waals surface area contributed by atoms with Gasteiger partial charge in [0.25, 0.3) is 11.8 Å². The number of anilines is 1. The first-order chi connectivity index (χ1) is 13.3. The molecule has 28 heavy (non-hydrogen) atoms. The second-order valence-electron chi connectivity index (χ2n) is 5.41. The normalized spacial score (nSPS) is 10.7. The molecule has 0 unspecified atom stereocenters. The molecule has 0 heterocycles. The van der Waals surface area contributed by atoms with Crippen LogP contribution in [-0.2, 0) is 9.59 Å². The molecule has 0 atom stereocenters. The fourth-order valence-corrected chi connectivity index (χ4v) is 2.84. The third-order valence-corrected chi connectivity index (χ3v) is 4.27. The van der Waals surface area contributed by atoms with Gasteiger partial charge in [0.05, 0.1) is 17.3 Å². The van der Waals surface area contributed by atoms with E-state index in [0.29, 0.717) is 32.2 Å². The minimum absolute atomic E-state index is 0.125. The van der Waals surface area contributed by atoms with Crippen molar-refractivity contribution in [2.24, 2.45) is 5.73 Å². The summed E-state index contributed by atoms with van der Waals surface area (Å²) in [4.78, 5) is 23.3. The van der Waals surface area contributed by atoms with Crippen molar-refractivity contribution >= 4 is 51.1 Å². The Labute approximate surface area is 174 Å². The van der Waals surface area contributed by atoms with Crippen LogP contribution in [0.5, 0.6) is 11.5 Å². The maximum Gasteiger partial charge on any atom is 0.266 e. The minimum atomic E-state index is -0.617. The molecule has 0 fully saturated rings. The van der Waals surface area contributed by atoms with E-state index >= 15 is 0 Å². The number of benzene rings is 2. The number of nitrogens with one attached hydrogen (secondary N) is 1. The number of nitrogens with zero attached hydrogens (tertiary/aromatic N) is 1. The summed E-state index contributed by atoms with van der Waals surface area (Å²) in [6, 6.07) is 11.5. The van der Waals surface area contributed by atoms with E-state index < -0.39 is 11.8 Å². The van der Waals surface area contributed by atoms with Gasteiger partial charge in [-0.1, -0.05) is 17.7 Å². The van der Waals surface area contributed by atoms with Gasteiger partial charge in [-0.25, -0.2) is 0 Å². The SMILES string of the molecule is COc1ccc(Cl)cc1NC(=O)C(C#N)=Cc1ccc(OCC(N)=O)c(Br)c1. The van der Waals surface area contributed by atoms with Gasteiger partial charge in [-0.05, 0) is 57.9 Å². The number of hydrogen-bond donors (Lipinski definition) is 2. The minimum Gasteiger partial charge on any atom is -0.495 e. The number of carbonyl (C=O) groups is 2. The zero-order chi connectivity index (χ0) is 20.7. The lowest BCUT2D eigenvalue weighted by molar-refractivity contribution is -0.120. The van der Waals surface area contributed by atoms with Gasteiger partial charge in [-0.2, -0.15) is 5.26 Å². The predicted octanol–water partition coefficient (Wildman–Crippen LogP) is 3.52. The van der Waals surface area contributed by atoms with Crippen molar-refractivity contribution < 1.29 is 19.1 Å². The van der Waals surface area contributed by atoms with Gasteiger partial charge >= 0.3 is 0 Å². The Balaban J connectivity index is 2.22. The molecule has 0 aliphatic rings. The van der Waals surface area contributed by atoms with E-state index in [9.17, 15) is 14.9 Å². The molecule has 3 N–H and O–H groups in total. The molecule has 0 bridgehead atoms. The summed E-state index contributed by atoms with van der Waals surface area (Å²) in [6.45, 7) is -0.263. The summed E-state index contributed by atoms with van der Waals surface area (Å²) in [5.41, 5.74) is 5.84. The van der Waals surface area contributed by atoms with Crippen LogP contribution < -0.4 is 20.5 Å². The number of amides is 2. The summed E-state index contributed by atoms with van der Waals surface area (Å²) in [5, 5.41) is 12.4. The molecule has 0 radical (unpaired) electrons. The first kappa shape index (κ1) is 21.3. The molecular weight excluding hydrogens is 450 g/mol. The zero-order valence-corrected chi connectivity index (χ0v) is 17.0. The number of carbonyl (C=O) groups excluding carboxylic acids is 2. The van der Waals surface area contributed by atoms with Gasteiger partial charge in [0, 0.05) is 5.02 Å². The molecule has 0 saturated carbocycles. The lowest BCUT2D eigenvalue weighted by Crippen LogP contribution is -2.20. The average Bonchev–Trinajstić information content (AvgIpc) is 2.65. The number of hydrogen-bond acceptors (Lipinski definition) is 5. The lowest BCUT2D eigenvalue weighted by atomic mass is 10.1. The Hall–Kier alpha value is -3.02. The van der Waals surface area contributed by atoms with Crippen molar-refractivity contribution in [2.45, 2.75) is 0 Å². The molecule has 144 valence electrons. The van der Waals surface area contributed by atoms with Gasteiger partial charge in [-0.3, -0.25) is 9.59 Å². The van der Waals surface area contributed by atoms with Gasteiger partial charge in [0.1, 0.15) is 23.1 Å². The number of rotatable bonds is 7. The van der Waals surface area contributed by atoms with Crippen molar-refractivity contribution in [1.29, 1.82) is 5.26 Å². The maximum absolute atomic E-state index is 12.5. The molecule has 2 aromatic rings. The number of primary amides is 1. The number of ether oxygens (including phenoxy) is 2. The molecule has 2 rings (SSSR count). The summed E-state index contributed by atoms with van der Waals surface area (Å²) >= 11 is 9.25. The topological polar surface area (TPSA) is 114 Å². The Morgan fingerprint density at radius 2 is 2.00 bits per heavy atom. The lowest BCUT2D eigenvalue weighted by Gasteiger charge is -2.10. The van der Waals surface area contributed by atoms with Crippen LogP contribution in [0.4, 0.5) is 5.69 Å². The van der Waals surface area contributed by atoms with E-state index in [0.717, 1.165) is 0 Å². The Kier molecular flexibility index (Phi) is 7.44. The van der Waals surface area contributed by atoms with Gasteiger partial charge < -0.3 is 20.5 Å². The van der Waals surface area contributed by atoms with E-state index in [1.165, 1.54) is 19.3 Å². The fraction of sp³-hybridized carbons (Fsp3) is 0.105. The number of methoxy groups -OCH3 is 1. The van der Waals surface area contributed by atoms with Crippen LogP contribution in [0.2, 0.25) is 5.02 Å². The monoisotopic (exact) mass is 463 g/mol. The summed E-state index contributed by atoms with van der Waals surface area (Å²) in [5.74, 6) is -0.402. The van der Waals surface area contributed by atoms with Crippen molar-refractivity contribution in [1.82, 2.24) is 0 Å². The predicted molar refractivity (Wildman–Crippen MR) is 109 cm³/mol. The van der Waals surface area contributed by atoms with E-state index in [1.54, 1.807) is 30.3 Å². The molecule has 0 aromatic heterocycles. The Morgan fingerprint density at radius 3 is 2.61 bits per heavy atom. The molecule has 0 aliphatic carbocycles. The third kappa shape index (κ3) is 5.74. The van der Waals surface area contributed by atoms with Crippen LogP contribution in [0.1, 0.15) is 5.56 Å². The number of halogens is 2. The van der Waals surface area contributed by atoms with Crippen molar-refractivity contribution in [3.05, 3.63) is 57.0 Å². The fourth-order valence-electron chi connectivity index (χ4n) is 2.16. The van der Waals surface area contributed by atoms with Gasteiger partial charge in [-0.15, -0.1) is 0 Å². The molecule has 9 heteroatoms. The summed E-state index contributed by atoms with van der Waals surface area (Å²) in [7, 11) is 1.46. The highest BCUT2D eigenvalue weighted by Crippen LogP contribution is 2.29. The highest BCUT2D eigenvalue weighted by atomic mass is 79.9. The van der Waals surface area contributed by atoms with Crippen molar-refractivity contribution in [3.63, 3.8) is 0 Å². The van der Waals surface area contributed by atoms with E-state index in [4.69, 9.17) is 26.8 Å². The third-order valence-electron chi connectivity index (χ3n) is 3.41. The Morgan fingerprint density at radius 1 is 1.29 bits per heavy atom. The smallest absolute Gasteiger partial charge is 0.266 e. The molecule has 7 nitrogen and oxygen atoms in total. The quantitative estimate of drug-likeness (QED) is 0.480. The number of nitrogens with two attached hydrogens (primary N) is 1. The number of nitriles is 1. The zero-order valence-electron chi connectivity index (χ0n) is 14.7. The van der Waals surface area contributed by atoms with Crippen LogP contribution in [0, 0.1) is 11.3 Å². The van der Waals surface area contributed by atoms with E-state index in [1.807, 2.05) is 6.07 Å². The molecule has 0 saturated heterocycles.